The third-order valence-electron chi connectivity index (χ3n) is 5.47. The standard InChI is InChI=1S/C20H21F3N4OS/c1-3-13-8-6-7-11-26(13)12(2)16-17(20(21,22)23)25-27(18(16)28)19-24-14-9-4-5-10-15(14)29-19/h4-5,9-10,13H,3,6-8,11H2,1-2H3/b16-12+/t13-/m1/s1. The fraction of sp³-hybridized carbons (Fsp3) is 0.450. The van der Waals surface area contributed by atoms with Crippen molar-refractivity contribution in [3.8, 4) is 0 Å². The number of aromatic nitrogens is 1. The smallest absolute Gasteiger partial charge is 0.371 e. The molecule has 154 valence electrons. The fourth-order valence-electron chi connectivity index (χ4n) is 4.02. The van der Waals surface area contributed by atoms with Crippen molar-refractivity contribution in [2.75, 3.05) is 11.6 Å². The molecular formula is C20H21F3N4OS. The fourth-order valence-corrected chi connectivity index (χ4v) is 4.93. The van der Waals surface area contributed by atoms with E-state index in [0.29, 0.717) is 17.8 Å². The van der Waals surface area contributed by atoms with E-state index in [-0.39, 0.29) is 16.7 Å². The third kappa shape index (κ3) is 3.52. The number of anilines is 1. The molecule has 9 heteroatoms. The maximum absolute atomic E-state index is 13.8. The largest absolute Gasteiger partial charge is 0.436 e. The third-order valence-corrected chi connectivity index (χ3v) is 6.48. The quantitative estimate of drug-likeness (QED) is 0.647. The number of halogens is 3. The average Bonchev–Trinajstić information content (AvgIpc) is 3.28. The zero-order valence-corrected chi connectivity index (χ0v) is 17.0. The summed E-state index contributed by atoms with van der Waals surface area (Å²) in [6.07, 6.45) is -1.05. The molecule has 1 fully saturated rings. The summed E-state index contributed by atoms with van der Waals surface area (Å²) in [5.41, 5.74) is -0.529. The molecule has 0 aliphatic carbocycles. The lowest BCUT2D eigenvalue weighted by atomic mass is 9.97. The molecule has 1 saturated heterocycles. The number of carbonyl (C=O) groups is 1. The Labute approximate surface area is 170 Å². The highest BCUT2D eigenvalue weighted by Crippen LogP contribution is 2.38. The second-order valence-electron chi connectivity index (χ2n) is 7.24. The molecule has 2 aliphatic heterocycles. The van der Waals surface area contributed by atoms with Gasteiger partial charge in [0, 0.05) is 18.3 Å². The minimum Gasteiger partial charge on any atom is -0.371 e. The summed E-state index contributed by atoms with van der Waals surface area (Å²) in [6, 6.07) is 7.31. The van der Waals surface area contributed by atoms with Gasteiger partial charge in [-0.25, -0.2) is 4.98 Å². The molecule has 0 unspecified atom stereocenters. The summed E-state index contributed by atoms with van der Waals surface area (Å²) in [7, 11) is 0. The summed E-state index contributed by atoms with van der Waals surface area (Å²) in [5, 5.41) is 4.64. The van der Waals surface area contributed by atoms with Crippen LogP contribution in [0.4, 0.5) is 18.3 Å². The molecule has 2 aromatic rings. The first-order valence-electron chi connectivity index (χ1n) is 9.65. The van der Waals surface area contributed by atoms with Gasteiger partial charge in [-0.2, -0.15) is 23.3 Å². The van der Waals surface area contributed by atoms with Crippen molar-refractivity contribution in [3.05, 3.63) is 35.5 Å². The Balaban J connectivity index is 1.79. The number of piperidine rings is 1. The van der Waals surface area contributed by atoms with Crippen LogP contribution in [-0.2, 0) is 4.79 Å². The lowest BCUT2D eigenvalue weighted by molar-refractivity contribution is -0.114. The lowest BCUT2D eigenvalue weighted by Crippen LogP contribution is -2.40. The van der Waals surface area contributed by atoms with E-state index in [1.54, 1.807) is 19.1 Å². The number of rotatable bonds is 3. The molecule has 0 bridgehead atoms. The van der Waals surface area contributed by atoms with Crippen molar-refractivity contribution < 1.29 is 18.0 Å². The number of hydrogen-bond acceptors (Lipinski definition) is 5. The van der Waals surface area contributed by atoms with Crippen molar-refractivity contribution in [3.63, 3.8) is 0 Å². The Bertz CT molecular complexity index is 978. The molecule has 4 rings (SSSR count). The van der Waals surface area contributed by atoms with Crippen molar-refractivity contribution in [1.29, 1.82) is 0 Å². The zero-order valence-electron chi connectivity index (χ0n) is 16.2. The van der Waals surface area contributed by atoms with Crippen LogP contribution in [0.25, 0.3) is 10.2 Å². The molecule has 5 nitrogen and oxygen atoms in total. The SMILES string of the molecule is CC[C@@H]1CCCCN1/C(C)=C1/C(=O)N(c2nc3ccccc3s2)N=C1C(F)(F)F. The Kier molecular flexibility index (Phi) is 5.10. The second kappa shape index (κ2) is 7.44. The number of nitrogens with zero attached hydrogens (tertiary/aromatic N) is 4. The van der Waals surface area contributed by atoms with Crippen molar-refractivity contribution >= 4 is 38.3 Å². The summed E-state index contributed by atoms with van der Waals surface area (Å²) >= 11 is 1.15. The highest BCUT2D eigenvalue weighted by atomic mass is 32.1. The van der Waals surface area contributed by atoms with E-state index in [1.165, 1.54) is 0 Å². The molecule has 29 heavy (non-hydrogen) atoms. The van der Waals surface area contributed by atoms with E-state index >= 15 is 0 Å². The Morgan fingerprint density at radius 3 is 2.72 bits per heavy atom. The van der Waals surface area contributed by atoms with Crippen LogP contribution in [0.3, 0.4) is 0 Å². The Morgan fingerprint density at radius 2 is 2.03 bits per heavy atom. The summed E-state index contributed by atoms with van der Waals surface area (Å²) in [6.45, 7) is 4.27. The maximum Gasteiger partial charge on any atom is 0.436 e. The predicted octanol–water partition coefficient (Wildman–Crippen LogP) is 5.10. The highest BCUT2D eigenvalue weighted by molar-refractivity contribution is 7.22. The number of para-hydroxylation sites is 1. The van der Waals surface area contributed by atoms with Gasteiger partial charge in [-0.15, -0.1) is 0 Å². The number of fused-ring (bicyclic) bond motifs is 1. The minimum atomic E-state index is -4.73. The predicted molar refractivity (Wildman–Crippen MR) is 108 cm³/mol. The summed E-state index contributed by atoms with van der Waals surface area (Å²) in [5.74, 6) is -0.769. The molecule has 0 N–H and O–H groups in total. The van der Waals surface area contributed by atoms with Crippen LogP contribution in [0.2, 0.25) is 0 Å². The molecule has 2 aliphatic rings. The number of allylic oxidation sites excluding steroid dienone is 1. The van der Waals surface area contributed by atoms with Gasteiger partial charge < -0.3 is 4.90 Å². The van der Waals surface area contributed by atoms with Gasteiger partial charge in [0.15, 0.2) is 5.71 Å². The van der Waals surface area contributed by atoms with E-state index in [2.05, 4.69) is 10.1 Å². The molecule has 1 aromatic carbocycles. The first-order chi connectivity index (χ1) is 13.8. The topological polar surface area (TPSA) is 48.8 Å². The number of thiazole rings is 1. The number of hydrogen-bond donors (Lipinski definition) is 0. The molecular weight excluding hydrogens is 401 g/mol. The van der Waals surface area contributed by atoms with Gasteiger partial charge in [-0.05, 0) is 44.7 Å². The second-order valence-corrected chi connectivity index (χ2v) is 8.25. The monoisotopic (exact) mass is 422 g/mol. The number of hydrazone groups is 1. The molecule has 0 radical (unpaired) electrons. The van der Waals surface area contributed by atoms with Gasteiger partial charge in [0.05, 0.1) is 15.8 Å². The van der Waals surface area contributed by atoms with Crippen LogP contribution >= 0.6 is 11.3 Å². The van der Waals surface area contributed by atoms with Crippen LogP contribution in [0.15, 0.2) is 40.6 Å². The van der Waals surface area contributed by atoms with Crippen LogP contribution in [-0.4, -0.2) is 40.3 Å². The first-order valence-corrected chi connectivity index (χ1v) is 10.5. The number of likely N-dealkylation sites (tertiary alicyclic amines) is 1. The van der Waals surface area contributed by atoms with Crippen LogP contribution < -0.4 is 5.01 Å². The molecule has 1 atom stereocenters. The highest BCUT2D eigenvalue weighted by Gasteiger charge is 2.49. The van der Waals surface area contributed by atoms with E-state index in [0.717, 1.165) is 46.7 Å². The molecule has 0 saturated carbocycles. The maximum atomic E-state index is 13.8. The van der Waals surface area contributed by atoms with E-state index in [9.17, 15) is 18.0 Å². The first kappa shape index (κ1) is 19.9. The van der Waals surface area contributed by atoms with Crippen molar-refractivity contribution in [2.45, 2.75) is 51.7 Å². The average molecular weight is 422 g/mol. The number of carbonyl (C=O) groups excluding carboxylic acids is 1. The zero-order chi connectivity index (χ0) is 20.8. The van der Waals surface area contributed by atoms with Crippen LogP contribution in [0.5, 0.6) is 0 Å². The minimum absolute atomic E-state index is 0.134. The van der Waals surface area contributed by atoms with E-state index in [4.69, 9.17) is 0 Å². The van der Waals surface area contributed by atoms with E-state index < -0.39 is 17.8 Å². The number of amides is 1. The summed E-state index contributed by atoms with van der Waals surface area (Å²) in [4.78, 5) is 19.4. The number of benzene rings is 1. The van der Waals surface area contributed by atoms with Gasteiger partial charge in [0.2, 0.25) is 5.13 Å². The van der Waals surface area contributed by atoms with Crippen LogP contribution in [0, 0.1) is 0 Å². The van der Waals surface area contributed by atoms with Gasteiger partial charge >= 0.3 is 6.18 Å². The van der Waals surface area contributed by atoms with Gasteiger partial charge in [0.25, 0.3) is 5.91 Å². The van der Waals surface area contributed by atoms with Gasteiger partial charge in [-0.3, -0.25) is 4.79 Å². The molecule has 1 amide bonds. The van der Waals surface area contributed by atoms with Crippen molar-refractivity contribution in [2.24, 2.45) is 5.10 Å². The summed E-state index contributed by atoms with van der Waals surface area (Å²) < 4.78 is 42.2. The van der Waals surface area contributed by atoms with Crippen molar-refractivity contribution in [1.82, 2.24) is 9.88 Å². The van der Waals surface area contributed by atoms with Gasteiger partial charge in [0.1, 0.15) is 0 Å². The number of alkyl halides is 3. The molecule has 3 heterocycles. The Morgan fingerprint density at radius 1 is 1.28 bits per heavy atom. The Hall–Kier alpha value is -2.42. The van der Waals surface area contributed by atoms with Gasteiger partial charge in [-0.1, -0.05) is 30.4 Å². The normalized spacial score (nSPS) is 22.4. The lowest BCUT2D eigenvalue weighted by Gasteiger charge is -2.38. The molecule has 1 aromatic heterocycles. The van der Waals surface area contributed by atoms with E-state index in [1.807, 2.05) is 24.0 Å². The molecule has 0 spiro atoms. The van der Waals surface area contributed by atoms with Crippen LogP contribution in [0.1, 0.15) is 39.5 Å².